The van der Waals surface area contributed by atoms with Crippen molar-refractivity contribution in [1.82, 2.24) is 0 Å². The molecule has 3 heteroatoms. The minimum atomic E-state index is -3.97. The fourth-order valence-corrected chi connectivity index (χ4v) is 5.12. The smallest absolute Gasteiger partial charge is 0.171 e. The quantitative estimate of drug-likeness (QED) is 0.392. The van der Waals surface area contributed by atoms with Crippen LogP contribution >= 0.6 is 0 Å². The molecule has 2 rings (SSSR count). The lowest BCUT2D eigenvalue weighted by Crippen LogP contribution is -2.26. The van der Waals surface area contributed by atoms with Gasteiger partial charge in [-0.25, -0.2) is 0 Å². The van der Waals surface area contributed by atoms with Gasteiger partial charge in [-0.1, -0.05) is 64.7 Å². The van der Waals surface area contributed by atoms with Crippen molar-refractivity contribution in [2.24, 2.45) is 23.7 Å². The number of halogens is 3. The molecule has 0 aromatic carbocycles. The second-order valence-corrected chi connectivity index (χ2v) is 8.56. The molecule has 24 heavy (non-hydrogen) atoms. The maximum absolute atomic E-state index is 12.3. The van der Waals surface area contributed by atoms with E-state index in [0.29, 0.717) is 12.3 Å². The fourth-order valence-electron chi connectivity index (χ4n) is 5.12. The van der Waals surface area contributed by atoms with E-state index in [-0.39, 0.29) is 0 Å². The van der Waals surface area contributed by atoms with E-state index >= 15 is 0 Å². The largest absolute Gasteiger partial charge is 0.389 e. The van der Waals surface area contributed by atoms with E-state index in [9.17, 15) is 13.2 Å². The maximum Gasteiger partial charge on any atom is 0.389 e. The molecule has 0 atom stereocenters. The zero-order valence-corrected chi connectivity index (χ0v) is 15.5. The molecule has 0 bridgehead atoms. The monoisotopic (exact) mass is 346 g/mol. The van der Waals surface area contributed by atoms with Crippen LogP contribution in [0.15, 0.2) is 0 Å². The molecule has 0 aromatic rings. The molecule has 0 spiro atoms. The van der Waals surface area contributed by atoms with E-state index in [1.165, 1.54) is 70.6 Å². The summed E-state index contributed by atoms with van der Waals surface area (Å²) in [6, 6.07) is 0. The van der Waals surface area contributed by atoms with Gasteiger partial charge >= 0.3 is 6.18 Å². The summed E-state index contributed by atoms with van der Waals surface area (Å²) in [5.74, 6) is 2.98. The summed E-state index contributed by atoms with van der Waals surface area (Å²) in [4.78, 5) is 0. The predicted molar refractivity (Wildman–Crippen MR) is 94.9 cm³/mol. The molecule has 0 radical (unpaired) electrons. The minimum absolute atomic E-state index is 0.331. The molecule has 0 nitrogen and oxygen atoms in total. The van der Waals surface area contributed by atoms with Crippen LogP contribution in [0.25, 0.3) is 0 Å². The predicted octanol–water partition coefficient (Wildman–Crippen LogP) is 7.91. The van der Waals surface area contributed by atoms with Gasteiger partial charge in [-0.05, 0) is 55.8 Å². The van der Waals surface area contributed by atoms with Crippen LogP contribution in [0.1, 0.15) is 103 Å². The van der Waals surface area contributed by atoms with Gasteiger partial charge in [0.05, 0.1) is 0 Å². The zero-order valence-electron chi connectivity index (χ0n) is 15.5. The third-order valence-corrected chi connectivity index (χ3v) is 6.75. The third kappa shape index (κ3) is 7.35. The molecular weight excluding hydrogens is 309 g/mol. The van der Waals surface area contributed by atoms with Gasteiger partial charge in [0.25, 0.3) is 0 Å². The second kappa shape index (κ2) is 10.1. The number of unbranched alkanes of at least 4 members (excludes halogenated alkanes) is 3. The highest BCUT2D eigenvalue weighted by molar-refractivity contribution is 4.82. The molecule has 2 aliphatic carbocycles. The third-order valence-electron chi connectivity index (χ3n) is 6.75. The Hall–Kier alpha value is -0.210. The summed E-state index contributed by atoms with van der Waals surface area (Å²) in [6.45, 7) is 2.27. The van der Waals surface area contributed by atoms with Crippen molar-refractivity contribution in [2.45, 2.75) is 109 Å². The molecule has 2 aliphatic rings. The summed E-state index contributed by atoms with van der Waals surface area (Å²) in [5.41, 5.74) is 0. The van der Waals surface area contributed by atoms with Crippen molar-refractivity contribution in [3.63, 3.8) is 0 Å². The van der Waals surface area contributed by atoms with Crippen LogP contribution < -0.4 is 0 Å². The van der Waals surface area contributed by atoms with Crippen LogP contribution in [0, 0.1) is 23.7 Å². The van der Waals surface area contributed by atoms with Crippen molar-refractivity contribution in [3.8, 4) is 0 Å². The molecule has 2 saturated carbocycles. The van der Waals surface area contributed by atoms with Crippen LogP contribution in [-0.4, -0.2) is 6.18 Å². The van der Waals surface area contributed by atoms with Crippen LogP contribution in [0.3, 0.4) is 0 Å². The molecular formula is C21H37F3. The summed E-state index contributed by atoms with van der Waals surface area (Å²) < 4.78 is 37.0. The van der Waals surface area contributed by atoms with Gasteiger partial charge in [-0.2, -0.15) is 13.2 Å². The van der Waals surface area contributed by atoms with Crippen LogP contribution in [-0.2, 0) is 0 Å². The first-order chi connectivity index (χ1) is 11.5. The van der Waals surface area contributed by atoms with E-state index in [0.717, 1.165) is 30.6 Å². The second-order valence-electron chi connectivity index (χ2n) is 8.56. The summed E-state index contributed by atoms with van der Waals surface area (Å²) in [7, 11) is 0. The minimum Gasteiger partial charge on any atom is -0.171 e. The Bertz CT molecular complexity index is 320. The summed E-state index contributed by atoms with van der Waals surface area (Å²) in [5, 5.41) is 0. The number of hydrogen-bond acceptors (Lipinski definition) is 0. The first-order valence-corrected chi connectivity index (χ1v) is 10.5. The van der Waals surface area contributed by atoms with E-state index < -0.39 is 12.6 Å². The van der Waals surface area contributed by atoms with Crippen LogP contribution in [0.4, 0.5) is 13.2 Å². The van der Waals surface area contributed by atoms with Crippen LogP contribution in [0.5, 0.6) is 0 Å². The molecule has 0 aromatic heterocycles. The van der Waals surface area contributed by atoms with Gasteiger partial charge in [0, 0.05) is 6.42 Å². The number of rotatable bonds is 8. The van der Waals surface area contributed by atoms with Gasteiger partial charge in [0.2, 0.25) is 0 Å². The number of alkyl halides is 3. The molecule has 0 amide bonds. The van der Waals surface area contributed by atoms with Crippen molar-refractivity contribution in [2.75, 3.05) is 0 Å². The lowest BCUT2D eigenvalue weighted by molar-refractivity contribution is -0.138. The lowest BCUT2D eigenvalue weighted by Gasteiger charge is -2.38. The standard InChI is InChI=1S/C21H37F3/c1-2-3-4-5-6-17-7-11-19(12-8-17)20-13-9-18(10-14-20)15-16-21(22,23)24/h17-20H,2-16H2,1H3/t17-,18-,19-,20-. The van der Waals surface area contributed by atoms with Crippen molar-refractivity contribution in [1.29, 1.82) is 0 Å². The van der Waals surface area contributed by atoms with Gasteiger partial charge in [-0.15, -0.1) is 0 Å². The van der Waals surface area contributed by atoms with E-state index in [2.05, 4.69) is 6.92 Å². The first-order valence-electron chi connectivity index (χ1n) is 10.5. The van der Waals surface area contributed by atoms with Crippen LogP contribution in [0.2, 0.25) is 0 Å². The Morgan fingerprint density at radius 1 is 0.667 bits per heavy atom. The SMILES string of the molecule is CCCCCC[C@H]1CC[C@H]([C@H]2CC[C@H](CCC(F)(F)F)CC2)CC1. The molecule has 0 aliphatic heterocycles. The van der Waals surface area contributed by atoms with E-state index in [1.54, 1.807) is 0 Å². The molecule has 0 N–H and O–H groups in total. The van der Waals surface area contributed by atoms with Crippen molar-refractivity contribution >= 4 is 0 Å². The molecule has 2 fully saturated rings. The molecule has 142 valence electrons. The van der Waals surface area contributed by atoms with E-state index in [4.69, 9.17) is 0 Å². The van der Waals surface area contributed by atoms with Gasteiger partial charge in [-0.3, -0.25) is 0 Å². The Balaban J connectivity index is 1.58. The average molecular weight is 347 g/mol. The Morgan fingerprint density at radius 3 is 1.62 bits per heavy atom. The zero-order chi connectivity index (χ0) is 17.4. The topological polar surface area (TPSA) is 0 Å². The Kier molecular flexibility index (Phi) is 8.43. The summed E-state index contributed by atoms with van der Waals surface area (Å²) >= 11 is 0. The summed E-state index contributed by atoms with van der Waals surface area (Å²) in [6.07, 6.45) is 12.8. The maximum atomic E-state index is 12.3. The highest BCUT2D eigenvalue weighted by atomic mass is 19.4. The Morgan fingerprint density at radius 2 is 1.17 bits per heavy atom. The van der Waals surface area contributed by atoms with E-state index in [1.807, 2.05) is 0 Å². The molecule has 0 heterocycles. The Labute approximate surface area is 147 Å². The molecule has 0 unspecified atom stereocenters. The van der Waals surface area contributed by atoms with Gasteiger partial charge in [0.1, 0.15) is 0 Å². The lowest BCUT2D eigenvalue weighted by atomic mass is 9.68. The van der Waals surface area contributed by atoms with Crippen molar-refractivity contribution in [3.05, 3.63) is 0 Å². The molecule has 0 saturated heterocycles. The highest BCUT2D eigenvalue weighted by Crippen LogP contribution is 2.43. The van der Waals surface area contributed by atoms with Crippen molar-refractivity contribution < 1.29 is 13.2 Å². The number of hydrogen-bond donors (Lipinski definition) is 0. The normalized spacial score (nSPS) is 32.0. The van der Waals surface area contributed by atoms with Gasteiger partial charge < -0.3 is 0 Å². The van der Waals surface area contributed by atoms with Gasteiger partial charge in [0.15, 0.2) is 0 Å². The average Bonchev–Trinajstić information content (AvgIpc) is 2.57. The first kappa shape index (κ1) is 20.1. The fraction of sp³-hybridized carbons (Fsp3) is 1.00. The highest BCUT2D eigenvalue weighted by Gasteiger charge is 2.33.